The lowest BCUT2D eigenvalue weighted by Gasteiger charge is -2.25. The summed E-state index contributed by atoms with van der Waals surface area (Å²) in [5.74, 6) is -0.0812. The summed E-state index contributed by atoms with van der Waals surface area (Å²) < 4.78 is 21.9. The van der Waals surface area contributed by atoms with Crippen LogP contribution in [0, 0.1) is 5.82 Å². The summed E-state index contributed by atoms with van der Waals surface area (Å²) in [6.07, 6.45) is 3.58. The highest BCUT2D eigenvalue weighted by Gasteiger charge is 2.20. The standard InChI is InChI=1S/C22H22FN9O/c1-31-20-11-14(7-8-18(20)29-30-31)26-22-24-13-16(23)21(27-22)32(9-4-10-33-2)19-6-3-5-17-15(19)12-25-28-17/h3,5-8,11-13H,4,9-10H2,1-2H3,(H,25,28)(H,24,26,27). The van der Waals surface area contributed by atoms with Crippen molar-refractivity contribution in [2.45, 2.75) is 6.42 Å². The first-order valence-corrected chi connectivity index (χ1v) is 10.4. The number of aryl methyl sites for hydroxylation is 1. The third-order valence-electron chi connectivity index (χ3n) is 5.33. The number of hydrogen-bond donors (Lipinski definition) is 2. The van der Waals surface area contributed by atoms with Crippen LogP contribution in [0.1, 0.15) is 6.42 Å². The zero-order valence-corrected chi connectivity index (χ0v) is 18.2. The Balaban J connectivity index is 1.52. The Morgan fingerprint density at radius 3 is 3.00 bits per heavy atom. The van der Waals surface area contributed by atoms with E-state index in [1.807, 2.05) is 48.3 Å². The van der Waals surface area contributed by atoms with Gasteiger partial charge in [0.15, 0.2) is 11.6 Å². The number of nitrogens with zero attached hydrogens (tertiary/aromatic N) is 7. The number of methoxy groups -OCH3 is 1. The molecule has 0 unspecified atom stereocenters. The topological polar surface area (TPSA) is 110 Å². The molecule has 3 heterocycles. The molecule has 0 fully saturated rings. The summed E-state index contributed by atoms with van der Waals surface area (Å²) in [4.78, 5) is 10.5. The van der Waals surface area contributed by atoms with Gasteiger partial charge in [0.05, 0.1) is 29.1 Å². The van der Waals surface area contributed by atoms with Crippen molar-refractivity contribution >= 4 is 45.1 Å². The number of ether oxygens (including phenoxy) is 1. The van der Waals surface area contributed by atoms with E-state index in [2.05, 4.69) is 35.8 Å². The quantitative estimate of drug-likeness (QED) is 0.347. The molecule has 0 bridgehead atoms. The molecule has 0 spiro atoms. The molecule has 0 aliphatic carbocycles. The van der Waals surface area contributed by atoms with Crippen LogP contribution in [0.4, 0.5) is 27.5 Å². The number of rotatable bonds is 8. The fraction of sp³-hybridized carbons (Fsp3) is 0.227. The second kappa shape index (κ2) is 8.79. The zero-order valence-electron chi connectivity index (χ0n) is 18.2. The Hall–Kier alpha value is -4.12. The molecule has 11 heteroatoms. The summed E-state index contributed by atoms with van der Waals surface area (Å²) in [6.45, 7) is 1.03. The van der Waals surface area contributed by atoms with E-state index in [4.69, 9.17) is 4.74 Å². The number of halogens is 1. The zero-order chi connectivity index (χ0) is 22.8. The van der Waals surface area contributed by atoms with Crippen LogP contribution in [-0.4, -0.2) is 55.4 Å². The van der Waals surface area contributed by atoms with Gasteiger partial charge in [-0.15, -0.1) is 5.10 Å². The van der Waals surface area contributed by atoms with Crippen LogP contribution in [0.5, 0.6) is 0 Å². The van der Waals surface area contributed by atoms with Crippen molar-refractivity contribution in [1.82, 2.24) is 35.2 Å². The molecule has 0 saturated heterocycles. The van der Waals surface area contributed by atoms with Crippen molar-refractivity contribution in [3.8, 4) is 0 Å². The van der Waals surface area contributed by atoms with Crippen LogP contribution in [0.15, 0.2) is 48.8 Å². The lowest BCUT2D eigenvalue weighted by molar-refractivity contribution is 0.196. The molecule has 0 atom stereocenters. The van der Waals surface area contributed by atoms with Gasteiger partial charge in [0.1, 0.15) is 5.52 Å². The Bertz CT molecular complexity index is 1410. The summed E-state index contributed by atoms with van der Waals surface area (Å²) >= 11 is 0. The average Bonchev–Trinajstić information content (AvgIpc) is 3.45. The molecule has 2 aromatic carbocycles. The van der Waals surface area contributed by atoms with Gasteiger partial charge in [0.2, 0.25) is 5.95 Å². The van der Waals surface area contributed by atoms with Crippen molar-refractivity contribution in [2.75, 3.05) is 30.5 Å². The normalized spacial score (nSPS) is 11.4. The van der Waals surface area contributed by atoms with Gasteiger partial charge in [-0.1, -0.05) is 11.3 Å². The number of benzene rings is 2. The van der Waals surface area contributed by atoms with Crippen molar-refractivity contribution in [2.24, 2.45) is 7.05 Å². The van der Waals surface area contributed by atoms with E-state index in [0.29, 0.717) is 19.6 Å². The van der Waals surface area contributed by atoms with Crippen molar-refractivity contribution in [3.63, 3.8) is 0 Å². The molecular weight excluding hydrogens is 425 g/mol. The highest BCUT2D eigenvalue weighted by atomic mass is 19.1. The number of H-pyrrole nitrogens is 1. The van der Waals surface area contributed by atoms with E-state index in [-0.39, 0.29) is 11.8 Å². The minimum Gasteiger partial charge on any atom is -0.385 e. The van der Waals surface area contributed by atoms with Crippen LogP contribution >= 0.6 is 0 Å². The second-order valence-electron chi connectivity index (χ2n) is 7.51. The predicted octanol–water partition coefficient (Wildman–Crippen LogP) is 3.69. The van der Waals surface area contributed by atoms with E-state index in [9.17, 15) is 0 Å². The number of hydrogen-bond acceptors (Lipinski definition) is 8. The molecule has 0 aliphatic heterocycles. The smallest absolute Gasteiger partial charge is 0.229 e. The lowest BCUT2D eigenvalue weighted by Crippen LogP contribution is -2.23. The number of aromatic amines is 1. The van der Waals surface area contributed by atoms with Crippen LogP contribution < -0.4 is 10.2 Å². The summed E-state index contributed by atoms with van der Waals surface area (Å²) in [6, 6.07) is 11.3. The molecule has 5 rings (SSSR count). The second-order valence-corrected chi connectivity index (χ2v) is 7.51. The summed E-state index contributed by atoms with van der Waals surface area (Å²) in [5.41, 5.74) is 4.03. The molecule has 3 aromatic heterocycles. The number of aromatic nitrogens is 7. The van der Waals surface area contributed by atoms with Gasteiger partial charge in [-0.25, -0.2) is 14.1 Å². The first-order chi connectivity index (χ1) is 16.1. The largest absolute Gasteiger partial charge is 0.385 e. The van der Waals surface area contributed by atoms with Crippen LogP contribution in [0.25, 0.3) is 21.9 Å². The van der Waals surface area contributed by atoms with Crippen molar-refractivity contribution in [1.29, 1.82) is 0 Å². The van der Waals surface area contributed by atoms with Crippen LogP contribution in [0.3, 0.4) is 0 Å². The third kappa shape index (κ3) is 4.05. The summed E-state index contributed by atoms with van der Waals surface area (Å²) in [5, 5.41) is 19.2. The van der Waals surface area contributed by atoms with E-state index in [0.717, 1.165) is 33.3 Å². The Labute approximate surface area is 188 Å². The molecule has 0 saturated carbocycles. The maximum absolute atomic E-state index is 15.0. The van der Waals surface area contributed by atoms with Crippen molar-refractivity contribution in [3.05, 3.63) is 54.6 Å². The SMILES string of the molecule is COCCCN(c1nc(Nc2ccc3nnn(C)c3c2)ncc1F)c1cccc2[nH]ncc12. The minimum absolute atomic E-state index is 0.167. The van der Waals surface area contributed by atoms with E-state index >= 15 is 4.39 Å². The number of anilines is 4. The maximum Gasteiger partial charge on any atom is 0.229 e. The lowest BCUT2D eigenvalue weighted by atomic mass is 10.2. The molecule has 2 N–H and O–H groups in total. The van der Waals surface area contributed by atoms with E-state index in [1.165, 1.54) is 6.20 Å². The van der Waals surface area contributed by atoms with Gasteiger partial charge in [0.25, 0.3) is 0 Å². The maximum atomic E-state index is 15.0. The first kappa shape index (κ1) is 20.8. The van der Waals surface area contributed by atoms with Gasteiger partial charge in [-0.3, -0.25) is 5.10 Å². The fourth-order valence-electron chi connectivity index (χ4n) is 3.74. The monoisotopic (exact) mass is 447 g/mol. The Morgan fingerprint density at radius 1 is 1.21 bits per heavy atom. The van der Waals surface area contributed by atoms with E-state index in [1.54, 1.807) is 18.0 Å². The minimum atomic E-state index is -0.523. The number of nitrogens with one attached hydrogen (secondary N) is 2. The van der Waals surface area contributed by atoms with Gasteiger partial charge < -0.3 is 15.0 Å². The molecule has 5 aromatic rings. The molecule has 10 nitrogen and oxygen atoms in total. The summed E-state index contributed by atoms with van der Waals surface area (Å²) in [7, 11) is 3.46. The molecule has 0 amide bonds. The highest BCUT2D eigenvalue weighted by Crippen LogP contribution is 2.33. The first-order valence-electron chi connectivity index (χ1n) is 10.4. The molecule has 168 valence electrons. The molecular formula is C22H22FN9O. The van der Waals surface area contributed by atoms with Gasteiger partial charge in [0, 0.05) is 38.4 Å². The number of fused-ring (bicyclic) bond motifs is 2. The Morgan fingerprint density at radius 2 is 2.12 bits per heavy atom. The van der Waals surface area contributed by atoms with Gasteiger partial charge in [-0.05, 0) is 36.8 Å². The molecule has 0 aliphatic rings. The average molecular weight is 447 g/mol. The molecule has 0 radical (unpaired) electrons. The van der Waals surface area contributed by atoms with Crippen LogP contribution in [-0.2, 0) is 11.8 Å². The predicted molar refractivity (Wildman–Crippen MR) is 123 cm³/mol. The fourth-order valence-corrected chi connectivity index (χ4v) is 3.74. The van der Waals surface area contributed by atoms with Crippen molar-refractivity contribution < 1.29 is 9.13 Å². The highest BCUT2D eigenvalue weighted by molar-refractivity contribution is 5.93. The molecule has 33 heavy (non-hydrogen) atoms. The Kier molecular flexibility index (Phi) is 5.53. The van der Waals surface area contributed by atoms with Crippen LogP contribution in [0.2, 0.25) is 0 Å². The van der Waals surface area contributed by atoms with E-state index < -0.39 is 5.82 Å². The van der Waals surface area contributed by atoms with Gasteiger partial charge in [-0.2, -0.15) is 10.1 Å². The van der Waals surface area contributed by atoms with Gasteiger partial charge >= 0.3 is 0 Å². The third-order valence-corrected chi connectivity index (χ3v) is 5.33.